The van der Waals surface area contributed by atoms with Crippen LogP contribution in [-0.4, -0.2) is 55.7 Å². The molecule has 0 aromatic rings. The van der Waals surface area contributed by atoms with E-state index in [9.17, 15) is 14.4 Å². The molecule has 18 heavy (non-hydrogen) atoms. The molecule has 0 aliphatic carbocycles. The molecule has 0 radical (unpaired) electrons. The Morgan fingerprint density at radius 1 is 1.17 bits per heavy atom. The largest absolute Gasteiger partial charge is 0.348 e. The monoisotopic (exact) mass is 255 g/mol. The standard InChI is InChI=1S/C12H21N3O3/c16-10-4-2-1-3-5-14-11(17)12(18)15-8-6-13-7-9-15/h10,13H,1-9H2,(H,14,17). The molecule has 6 nitrogen and oxygen atoms in total. The number of hydrogen-bond acceptors (Lipinski definition) is 4. The molecule has 0 aromatic carbocycles. The van der Waals surface area contributed by atoms with Gasteiger partial charge in [0.2, 0.25) is 0 Å². The molecule has 0 bridgehead atoms. The zero-order valence-corrected chi connectivity index (χ0v) is 10.6. The summed E-state index contributed by atoms with van der Waals surface area (Å²) in [5, 5.41) is 5.74. The van der Waals surface area contributed by atoms with Crippen LogP contribution in [0.1, 0.15) is 25.7 Å². The third-order valence-electron chi connectivity index (χ3n) is 2.88. The van der Waals surface area contributed by atoms with E-state index in [1.807, 2.05) is 0 Å². The average Bonchev–Trinajstić information content (AvgIpc) is 2.42. The molecule has 2 amide bonds. The van der Waals surface area contributed by atoms with Crippen LogP contribution in [0.4, 0.5) is 0 Å². The molecular weight excluding hydrogens is 234 g/mol. The van der Waals surface area contributed by atoms with Crippen molar-refractivity contribution in [3.05, 3.63) is 0 Å². The van der Waals surface area contributed by atoms with E-state index >= 15 is 0 Å². The molecule has 0 spiro atoms. The first kappa shape index (κ1) is 14.6. The van der Waals surface area contributed by atoms with Crippen molar-refractivity contribution >= 4 is 18.1 Å². The maximum absolute atomic E-state index is 11.7. The molecular formula is C12H21N3O3. The predicted molar refractivity (Wildman–Crippen MR) is 67.0 cm³/mol. The van der Waals surface area contributed by atoms with Gasteiger partial charge in [0.15, 0.2) is 0 Å². The molecule has 1 aliphatic rings. The molecule has 0 atom stereocenters. The van der Waals surface area contributed by atoms with Crippen molar-refractivity contribution in [3.63, 3.8) is 0 Å². The smallest absolute Gasteiger partial charge is 0.311 e. The number of amides is 2. The number of carbonyl (C=O) groups is 3. The fourth-order valence-electron chi connectivity index (χ4n) is 1.82. The first-order valence-corrected chi connectivity index (χ1v) is 6.47. The van der Waals surface area contributed by atoms with Crippen molar-refractivity contribution in [1.29, 1.82) is 0 Å². The molecule has 0 unspecified atom stereocenters. The lowest BCUT2D eigenvalue weighted by molar-refractivity contribution is -0.146. The fraction of sp³-hybridized carbons (Fsp3) is 0.750. The van der Waals surface area contributed by atoms with E-state index < -0.39 is 11.8 Å². The van der Waals surface area contributed by atoms with E-state index in [0.717, 1.165) is 38.6 Å². The number of piperazine rings is 1. The van der Waals surface area contributed by atoms with Crippen molar-refractivity contribution in [1.82, 2.24) is 15.5 Å². The van der Waals surface area contributed by atoms with Gasteiger partial charge in [0.1, 0.15) is 6.29 Å². The van der Waals surface area contributed by atoms with E-state index in [2.05, 4.69) is 10.6 Å². The highest BCUT2D eigenvalue weighted by Gasteiger charge is 2.22. The summed E-state index contributed by atoms with van der Waals surface area (Å²) >= 11 is 0. The molecule has 0 aromatic heterocycles. The van der Waals surface area contributed by atoms with E-state index in [1.165, 1.54) is 0 Å². The Balaban J connectivity index is 2.11. The molecule has 1 aliphatic heterocycles. The van der Waals surface area contributed by atoms with Gasteiger partial charge in [-0.05, 0) is 12.8 Å². The van der Waals surface area contributed by atoms with Gasteiger partial charge in [0, 0.05) is 39.1 Å². The number of unbranched alkanes of at least 4 members (excludes halogenated alkanes) is 3. The second kappa shape index (κ2) is 8.63. The summed E-state index contributed by atoms with van der Waals surface area (Å²) in [7, 11) is 0. The number of aldehydes is 1. The minimum absolute atomic E-state index is 0.440. The lowest BCUT2D eigenvalue weighted by Gasteiger charge is -2.26. The third-order valence-corrected chi connectivity index (χ3v) is 2.88. The van der Waals surface area contributed by atoms with Gasteiger partial charge in [-0.3, -0.25) is 9.59 Å². The summed E-state index contributed by atoms with van der Waals surface area (Å²) in [4.78, 5) is 34.9. The molecule has 2 N–H and O–H groups in total. The SMILES string of the molecule is O=CCCCCCNC(=O)C(=O)N1CCNCC1. The second-order valence-electron chi connectivity index (χ2n) is 4.31. The van der Waals surface area contributed by atoms with Crippen LogP contribution < -0.4 is 10.6 Å². The molecule has 1 heterocycles. The van der Waals surface area contributed by atoms with Crippen molar-refractivity contribution in [2.75, 3.05) is 32.7 Å². The van der Waals surface area contributed by atoms with Crippen LogP contribution in [0.25, 0.3) is 0 Å². The molecule has 1 saturated heterocycles. The minimum atomic E-state index is -0.521. The van der Waals surface area contributed by atoms with Crippen molar-refractivity contribution in [2.24, 2.45) is 0 Å². The van der Waals surface area contributed by atoms with Gasteiger partial charge >= 0.3 is 11.8 Å². The van der Waals surface area contributed by atoms with Crippen LogP contribution in [0.3, 0.4) is 0 Å². The molecule has 0 saturated carbocycles. The summed E-state index contributed by atoms with van der Waals surface area (Å²) in [5.41, 5.74) is 0. The highest BCUT2D eigenvalue weighted by atomic mass is 16.2. The van der Waals surface area contributed by atoms with Crippen LogP contribution in [0.5, 0.6) is 0 Å². The third kappa shape index (κ3) is 5.27. The Morgan fingerprint density at radius 3 is 2.56 bits per heavy atom. The number of hydrogen-bond donors (Lipinski definition) is 2. The maximum Gasteiger partial charge on any atom is 0.311 e. The number of nitrogens with zero attached hydrogens (tertiary/aromatic N) is 1. The highest BCUT2D eigenvalue weighted by Crippen LogP contribution is 1.97. The Bertz CT molecular complexity index is 288. The van der Waals surface area contributed by atoms with Gasteiger partial charge in [0.25, 0.3) is 0 Å². The minimum Gasteiger partial charge on any atom is -0.348 e. The average molecular weight is 255 g/mol. The van der Waals surface area contributed by atoms with Crippen LogP contribution in [0, 0.1) is 0 Å². The van der Waals surface area contributed by atoms with E-state index in [4.69, 9.17) is 0 Å². The summed E-state index contributed by atoms with van der Waals surface area (Å²) < 4.78 is 0. The summed E-state index contributed by atoms with van der Waals surface area (Å²) in [5.74, 6) is -0.961. The Labute approximate surface area is 107 Å². The Hall–Kier alpha value is -1.43. The second-order valence-corrected chi connectivity index (χ2v) is 4.31. The van der Waals surface area contributed by atoms with Gasteiger partial charge in [-0.15, -0.1) is 0 Å². The predicted octanol–water partition coefficient (Wildman–Crippen LogP) is -0.706. The van der Waals surface area contributed by atoms with Crippen LogP contribution in [0.2, 0.25) is 0 Å². The topological polar surface area (TPSA) is 78.5 Å². The molecule has 102 valence electrons. The van der Waals surface area contributed by atoms with Crippen molar-refractivity contribution in [2.45, 2.75) is 25.7 Å². The number of nitrogens with one attached hydrogen (secondary N) is 2. The van der Waals surface area contributed by atoms with Gasteiger partial charge in [-0.25, -0.2) is 0 Å². The van der Waals surface area contributed by atoms with Gasteiger partial charge in [-0.1, -0.05) is 6.42 Å². The van der Waals surface area contributed by atoms with Crippen LogP contribution in [-0.2, 0) is 14.4 Å². The van der Waals surface area contributed by atoms with E-state index in [0.29, 0.717) is 26.1 Å². The summed E-state index contributed by atoms with van der Waals surface area (Å²) in [6.07, 6.45) is 3.99. The van der Waals surface area contributed by atoms with Gasteiger partial charge in [-0.2, -0.15) is 0 Å². The lowest BCUT2D eigenvalue weighted by atomic mass is 10.2. The fourth-order valence-corrected chi connectivity index (χ4v) is 1.82. The first-order chi connectivity index (χ1) is 8.75. The van der Waals surface area contributed by atoms with Crippen LogP contribution in [0.15, 0.2) is 0 Å². The summed E-state index contributed by atoms with van der Waals surface area (Å²) in [6, 6.07) is 0. The number of carbonyl (C=O) groups excluding carboxylic acids is 3. The van der Waals surface area contributed by atoms with Crippen LogP contribution >= 0.6 is 0 Å². The normalized spacial score (nSPS) is 15.2. The quantitative estimate of drug-likeness (QED) is 0.373. The Morgan fingerprint density at radius 2 is 1.89 bits per heavy atom. The summed E-state index contributed by atoms with van der Waals surface area (Å²) in [6.45, 7) is 3.15. The molecule has 6 heteroatoms. The van der Waals surface area contributed by atoms with Crippen molar-refractivity contribution in [3.8, 4) is 0 Å². The van der Waals surface area contributed by atoms with Gasteiger partial charge in [0.05, 0.1) is 0 Å². The Kier molecular flexibility index (Phi) is 7.01. The molecule has 1 rings (SSSR count). The molecule has 1 fully saturated rings. The first-order valence-electron chi connectivity index (χ1n) is 6.47. The highest BCUT2D eigenvalue weighted by molar-refractivity contribution is 6.35. The van der Waals surface area contributed by atoms with Gasteiger partial charge < -0.3 is 20.3 Å². The maximum atomic E-state index is 11.7. The van der Waals surface area contributed by atoms with E-state index in [-0.39, 0.29) is 0 Å². The van der Waals surface area contributed by atoms with Crippen molar-refractivity contribution < 1.29 is 14.4 Å². The zero-order valence-electron chi connectivity index (χ0n) is 10.6. The zero-order chi connectivity index (χ0) is 13.2. The van der Waals surface area contributed by atoms with E-state index in [1.54, 1.807) is 4.90 Å². The number of rotatable bonds is 6. The lowest BCUT2D eigenvalue weighted by Crippen LogP contribution is -2.51.